The molecule has 0 aromatic rings. The van der Waals surface area contributed by atoms with E-state index in [1.807, 2.05) is 6.26 Å². The maximum absolute atomic E-state index is 11.5. The molecule has 5 nitrogen and oxygen atoms in total. The molecule has 0 saturated heterocycles. The van der Waals surface area contributed by atoms with Crippen LogP contribution in [0.2, 0.25) is 0 Å². The van der Waals surface area contributed by atoms with Crippen LogP contribution >= 0.6 is 11.8 Å². The molecule has 1 amide bonds. The van der Waals surface area contributed by atoms with Gasteiger partial charge in [0.05, 0.1) is 6.42 Å². The third-order valence-electron chi connectivity index (χ3n) is 1.81. The standard InChI is InChI=1S/C11H21NO4S/c1-11(2,3)16-10(15)12-8(5-6-17-4)7-9(13)14/h8H,5-7H2,1-4H3,(H,12,15)(H,13,14)/t8-/m1/s1. The van der Waals surface area contributed by atoms with E-state index in [4.69, 9.17) is 9.84 Å². The first-order chi connectivity index (χ1) is 7.74. The number of hydrogen-bond donors (Lipinski definition) is 2. The molecule has 0 aliphatic carbocycles. The second-order valence-corrected chi connectivity index (χ2v) is 5.71. The van der Waals surface area contributed by atoms with Crippen LogP contribution in [0, 0.1) is 0 Å². The van der Waals surface area contributed by atoms with Crippen LogP contribution in [0.1, 0.15) is 33.6 Å². The highest BCUT2D eigenvalue weighted by Crippen LogP contribution is 2.09. The lowest BCUT2D eigenvalue weighted by Crippen LogP contribution is -2.40. The summed E-state index contributed by atoms with van der Waals surface area (Å²) < 4.78 is 5.08. The van der Waals surface area contributed by atoms with Crippen molar-refractivity contribution in [1.29, 1.82) is 0 Å². The second kappa shape index (κ2) is 7.42. The molecule has 0 saturated carbocycles. The number of ether oxygens (including phenoxy) is 1. The summed E-state index contributed by atoms with van der Waals surface area (Å²) in [6.07, 6.45) is 1.91. The Balaban J connectivity index is 4.21. The van der Waals surface area contributed by atoms with Crippen LogP contribution in [0.5, 0.6) is 0 Å². The molecule has 2 N–H and O–H groups in total. The molecule has 0 unspecified atom stereocenters. The molecule has 100 valence electrons. The molecule has 0 bridgehead atoms. The molecule has 0 aromatic carbocycles. The average Bonchev–Trinajstić information content (AvgIpc) is 2.09. The van der Waals surface area contributed by atoms with E-state index in [1.165, 1.54) is 0 Å². The van der Waals surface area contributed by atoms with Crippen LogP contribution in [-0.2, 0) is 9.53 Å². The van der Waals surface area contributed by atoms with Crippen LogP contribution in [0.3, 0.4) is 0 Å². The zero-order chi connectivity index (χ0) is 13.5. The molecule has 0 heterocycles. The maximum Gasteiger partial charge on any atom is 0.407 e. The SMILES string of the molecule is CSCC[C@H](CC(=O)O)NC(=O)OC(C)(C)C. The van der Waals surface area contributed by atoms with Crippen LogP contribution in [0.15, 0.2) is 0 Å². The maximum atomic E-state index is 11.5. The molecule has 0 spiro atoms. The van der Waals surface area contributed by atoms with Crippen molar-refractivity contribution < 1.29 is 19.4 Å². The fraction of sp³-hybridized carbons (Fsp3) is 0.818. The number of amides is 1. The molecule has 0 aliphatic rings. The molecule has 17 heavy (non-hydrogen) atoms. The predicted molar refractivity (Wildman–Crippen MR) is 68.4 cm³/mol. The molecular weight excluding hydrogens is 242 g/mol. The van der Waals surface area contributed by atoms with Gasteiger partial charge in [0.15, 0.2) is 0 Å². The van der Waals surface area contributed by atoms with E-state index >= 15 is 0 Å². The molecule has 0 aromatic heterocycles. The normalized spacial score (nSPS) is 12.9. The van der Waals surface area contributed by atoms with Crippen molar-refractivity contribution in [2.45, 2.75) is 45.3 Å². The lowest BCUT2D eigenvalue weighted by Gasteiger charge is -2.22. The summed E-state index contributed by atoms with van der Waals surface area (Å²) in [7, 11) is 0. The second-order valence-electron chi connectivity index (χ2n) is 4.72. The van der Waals surface area contributed by atoms with Gasteiger partial charge in [0.1, 0.15) is 5.60 Å². The smallest absolute Gasteiger partial charge is 0.407 e. The van der Waals surface area contributed by atoms with Crippen molar-refractivity contribution in [2.24, 2.45) is 0 Å². The van der Waals surface area contributed by atoms with Crippen molar-refractivity contribution in [2.75, 3.05) is 12.0 Å². The molecule has 0 aliphatic heterocycles. The number of carbonyl (C=O) groups excluding carboxylic acids is 1. The molecule has 0 fully saturated rings. The van der Waals surface area contributed by atoms with Crippen LogP contribution < -0.4 is 5.32 Å². The lowest BCUT2D eigenvalue weighted by atomic mass is 10.1. The van der Waals surface area contributed by atoms with Crippen molar-refractivity contribution in [1.82, 2.24) is 5.32 Å². The van der Waals surface area contributed by atoms with Gasteiger partial charge in [-0.2, -0.15) is 11.8 Å². The first kappa shape index (κ1) is 16.1. The molecule has 0 radical (unpaired) electrons. The fourth-order valence-electron chi connectivity index (χ4n) is 1.17. The van der Waals surface area contributed by atoms with Gasteiger partial charge in [0, 0.05) is 6.04 Å². The first-order valence-corrected chi connectivity index (χ1v) is 6.84. The number of carboxylic acid groups (broad SMARTS) is 1. The number of hydrogen-bond acceptors (Lipinski definition) is 4. The van der Waals surface area contributed by atoms with E-state index in [-0.39, 0.29) is 12.5 Å². The summed E-state index contributed by atoms with van der Waals surface area (Å²) in [6, 6.07) is -0.380. The van der Waals surface area contributed by atoms with Crippen LogP contribution in [-0.4, -0.2) is 40.8 Å². The third-order valence-corrected chi connectivity index (χ3v) is 2.46. The van der Waals surface area contributed by atoms with E-state index < -0.39 is 17.7 Å². The Morgan fingerprint density at radius 3 is 2.41 bits per heavy atom. The van der Waals surface area contributed by atoms with Gasteiger partial charge in [0.25, 0.3) is 0 Å². The summed E-state index contributed by atoms with van der Waals surface area (Å²) in [5, 5.41) is 11.3. The van der Waals surface area contributed by atoms with E-state index in [2.05, 4.69) is 5.32 Å². The van der Waals surface area contributed by atoms with Gasteiger partial charge < -0.3 is 15.2 Å². The summed E-state index contributed by atoms with van der Waals surface area (Å²) >= 11 is 1.61. The Morgan fingerprint density at radius 1 is 1.41 bits per heavy atom. The Labute approximate surface area is 106 Å². The highest BCUT2D eigenvalue weighted by Gasteiger charge is 2.20. The topological polar surface area (TPSA) is 75.6 Å². The third kappa shape index (κ3) is 9.99. The number of thioether (sulfide) groups is 1. The quantitative estimate of drug-likeness (QED) is 0.767. The number of carbonyl (C=O) groups is 2. The minimum atomic E-state index is -0.924. The van der Waals surface area contributed by atoms with Crippen LogP contribution in [0.25, 0.3) is 0 Å². The molecule has 1 atom stereocenters. The van der Waals surface area contributed by atoms with E-state index in [0.717, 1.165) is 5.75 Å². The number of nitrogens with one attached hydrogen (secondary N) is 1. The van der Waals surface area contributed by atoms with Crippen molar-refractivity contribution in [3.63, 3.8) is 0 Å². The van der Waals surface area contributed by atoms with Gasteiger partial charge >= 0.3 is 12.1 Å². The van der Waals surface area contributed by atoms with Gasteiger partial charge in [-0.15, -0.1) is 0 Å². The number of carboxylic acids is 1. The Hall–Kier alpha value is -0.910. The summed E-state index contributed by atoms with van der Waals surface area (Å²) in [4.78, 5) is 22.1. The Morgan fingerprint density at radius 2 is 2.00 bits per heavy atom. The van der Waals surface area contributed by atoms with E-state index in [0.29, 0.717) is 6.42 Å². The van der Waals surface area contributed by atoms with Gasteiger partial charge in [-0.3, -0.25) is 4.79 Å². The van der Waals surface area contributed by atoms with Crippen LogP contribution in [0.4, 0.5) is 4.79 Å². The van der Waals surface area contributed by atoms with E-state index in [9.17, 15) is 9.59 Å². The highest BCUT2D eigenvalue weighted by atomic mass is 32.2. The van der Waals surface area contributed by atoms with Crippen molar-refractivity contribution >= 4 is 23.8 Å². The number of rotatable bonds is 6. The fourth-order valence-corrected chi connectivity index (χ4v) is 1.69. The van der Waals surface area contributed by atoms with E-state index in [1.54, 1.807) is 32.5 Å². The highest BCUT2D eigenvalue weighted by molar-refractivity contribution is 7.98. The number of aliphatic carboxylic acids is 1. The Bertz CT molecular complexity index is 263. The van der Waals surface area contributed by atoms with Crippen molar-refractivity contribution in [3.05, 3.63) is 0 Å². The van der Waals surface area contributed by atoms with Gasteiger partial charge in [0.2, 0.25) is 0 Å². The minimum absolute atomic E-state index is 0.0835. The van der Waals surface area contributed by atoms with Gasteiger partial charge in [-0.05, 0) is 39.2 Å². The summed E-state index contributed by atoms with van der Waals surface area (Å²) in [6.45, 7) is 5.29. The zero-order valence-electron chi connectivity index (χ0n) is 10.8. The molecule has 6 heteroatoms. The largest absolute Gasteiger partial charge is 0.481 e. The molecule has 0 rings (SSSR count). The summed E-state index contributed by atoms with van der Waals surface area (Å²) in [5.41, 5.74) is -0.572. The number of alkyl carbamates (subject to hydrolysis) is 1. The van der Waals surface area contributed by atoms with Crippen molar-refractivity contribution in [3.8, 4) is 0 Å². The van der Waals surface area contributed by atoms with Gasteiger partial charge in [-0.1, -0.05) is 0 Å². The zero-order valence-corrected chi connectivity index (χ0v) is 11.6. The monoisotopic (exact) mass is 263 g/mol. The Kier molecular flexibility index (Phi) is 7.03. The minimum Gasteiger partial charge on any atom is -0.481 e. The predicted octanol–water partition coefficient (Wildman–Crippen LogP) is 2.11. The average molecular weight is 263 g/mol. The summed E-state index contributed by atoms with van der Waals surface area (Å²) in [5.74, 6) is -0.125. The lowest BCUT2D eigenvalue weighted by molar-refractivity contribution is -0.137. The molecular formula is C11H21NO4S. The van der Waals surface area contributed by atoms with Gasteiger partial charge in [-0.25, -0.2) is 4.79 Å². The first-order valence-electron chi connectivity index (χ1n) is 5.45.